The van der Waals surface area contributed by atoms with Crippen LogP contribution in [0.2, 0.25) is 5.02 Å². The Bertz CT molecular complexity index is 807. The van der Waals surface area contributed by atoms with E-state index in [1.165, 1.54) is 0 Å². The molecular formula is C15H13ClN2O2. The van der Waals surface area contributed by atoms with Gasteiger partial charge in [0.2, 0.25) is 0 Å². The van der Waals surface area contributed by atoms with Gasteiger partial charge in [-0.15, -0.1) is 0 Å². The minimum absolute atomic E-state index is 0.249. The summed E-state index contributed by atoms with van der Waals surface area (Å²) >= 11 is 5.93. The lowest BCUT2D eigenvalue weighted by Gasteiger charge is -2.11. The maximum absolute atomic E-state index is 11.2. The van der Waals surface area contributed by atoms with Crippen LogP contribution in [0.15, 0.2) is 47.3 Å². The summed E-state index contributed by atoms with van der Waals surface area (Å²) in [5.41, 5.74) is 2.90. The van der Waals surface area contributed by atoms with E-state index in [0.717, 1.165) is 16.6 Å². The summed E-state index contributed by atoms with van der Waals surface area (Å²) in [4.78, 5) is 16.6. The smallest absolute Gasteiger partial charge is 0.323 e. The number of aliphatic hydroxyl groups excluding tert-OH is 1. The Labute approximate surface area is 120 Å². The molecule has 0 bridgehead atoms. The van der Waals surface area contributed by atoms with E-state index in [-0.39, 0.29) is 5.69 Å². The van der Waals surface area contributed by atoms with Crippen molar-refractivity contribution in [2.24, 2.45) is 0 Å². The van der Waals surface area contributed by atoms with E-state index in [0.29, 0.717) is 17.0 Å². The number of hydrogen-bond acceptors (Lipinski definition) is 2. The average molecular weight is 289 g/mol. The summed E-state index contributed by atoms with van der Waals surface area (Å²) in [7, 11) is 0. The summed E-state index contributed by atoms with van der Waals surface area (Å²) < 4.78 is 0. The van der Waals surface area contributed by atoms with Gasteiger partial charge in [-0.25, -0.2) is 4.79 Å². The molecule has 2 aromatic carbocycles. The third-order valence-corrected chi connectivity index (χ3v) is 3.48. The fourth-order valence-electron chi connectivity index (χ4n) is 2.26. The molecule has 3 N–H and O–H groups in total. The highest BCUT2D eigenvalue weighted by Crippen LogP contribution is 2.22. The molecule has 0 saturated heterocycles. The van der Waals surface area contributed by atoms with Crippen LogP contribution in [-0.4, -0.2) is 15.1 Å². The van der Waals surface area contributed by atoms with Crippen LogP contribution in [0.3, 0.4) is 0 Å². The number of imidazole rings is 1. The number of H-pyrrole nitrogens is 2. The Balaban J connectivity index is 1.88. The van der Waals surface area contributed by atoms with Crippen molar-refractivity contribution in [3.05, 3.63) is 69.1 Å². The number of rotatable bonds is 3. The van der Waals surface area contributed by atoms with Gasteiger partial charge < -0.3 is 15.1 Å². The highest BCUT2D eigenvalue weighted by Gasteiger charge is 2.10. The fourth-order valence-corrected chi connectivity index (χ4v) is 2.48. The Morgan fingerprint density at radius 1 is 1.10 bits per heavy atom. The van der Waals surface area contributed by atoms with Crippen LogP contribution in [0.25, 0.3) is 11.0 Å². The van der Waals surface area contributed by atoms with Crippen LogP contribution >= 0.6 is 11.6 Å². The Morgan fingerprint density at radius 2 is 1.90 bits per heavy atom. The molecule has 0 aliphatic rings. The molecule has 0 radical (unpaired) electrons. The lowest BCUT2D eigenvalue weighted by Crippen LogP contribution is -2.01. The minimum Gasteiger partial charge on any atom is -0.388 e. The van der Waals surface area contributed by atoms with Gasteiger partial charge in [-0.3, -0.25) is 0 Å². The molecule has 3 rings (SSSR count). The minimum atomic E-state index is -0.642. The van der Waals surface area contributed by atoms with Gasteiger partial charge in [0.15, 0.2) is 0 Å². The fraction of sp³-hybridized carbons (Fsp3) is 0.133. The van der Waals surface area contributed by atoms with E-state index in [9.17, 15) is 9.90 Å². The van der Waals surface area contributed by atoms with Gasteiger partial charge in [0.1, 0.15) is 0 Å². The van der Waals surface area contributed by atoms with E-state index in [1.54, 1.807) is 24.3 Å². The van der Waals surface area contributed by atoms with Crippen molar-refractivity contribution < 1.29 is 5.11 Å². The summed E-state index contributed by atoms with van der Waals surface area (Å²) in [6, 6.07) is 12.8. The van der Waals surface area contributed by atoms with Gasteiger partial charge in [-0.05, 0) is 35.4 Å². The summed E-state index contributed by atoms with van der Waals surface area (Å²) in [5.74, 6) is 0. The van der Waals surface area contributed by atoms with Crippen molar-refractivity contribution in [1.82, 2.24) is 9.97 Å². The third-order valence-electron chi connectivity index (χ3n) is 3.24. The molecule has 1 aromatic heterocycles. The molecule has 0 aliphatic heterocycles. The van der Waals surface area contributed by atoms with Crippen molar-refractivity contribution in [3.63, 3.8) is 0 Å². The summed E-state index contributed by atoms with van der Waals surface area (Å²) in [6.45, 7) is 0. The van der Waals surface area contributed by atoms with Crippen molar-refractivity contribution in [2.75, 3.05) is 0 Å². The largest absolute Gasteiger partial charge is 0.388 e. The molecule has 5 heteroatoms. The number of benzene rings is 2. The van der Waals surface area contributed by atoms with Crippen LogP contribution < -0.4 is 5.69 Å². The monoisotopic (exact) mass is 288 g/mol. The topological polar surface area (TPSA) is 68.9 Å². The van der Waals surface area contributed by atoms with E-state index >= 15 is 0 Å². The first-order valence-electron chi connectivity index (χ1n) is 6.26. The van der Waals surface area contributed by atoms with E-state index in [1.807, 2.05) is 18.2 Å². The molecule has 102 valence electrons. The van der Waals surface area contributed by atoms with Gasteiger partial charge in [0.25, 0.3) is 0 Å². The highest BCUT2D eigenvalue weighted by atomic mass is 35.5. The quantitative estimate of drug-likeness (QED) is 0.693. The molecule has 4 nitrogen and oxygen atoms in total. The molecule has 0 saturated carbocycles. The van der Waals surface area contributed by atoms with Crippen molar-refractivity contribution in [2.45, 2.75) is 12.5 Å². The molecule has 0 amide bonds. The number of hydrogen-bond donors (Lipinski definition) is 3. The molecule has 0 spiro atoms. The zero-order valence-corrected chi connectivity index (χ0v) is 11.3. The van der Waals surface area contributed by atoms with E-state index in [2.05, 4.69) is 9.97 Å². The van der Waals surface area contributed by atoms with Gasteiger partial charge in [-0.2, -0.15) is 0 Å². The highest BCUT2D eigenvalue weighted by molar-refractivity contribution is 6.30. The molecule has 1 unspecified atom stereocenters. The zero-order valence-electron chi connectivity index (χ0n) is 10.6. The molecule has 0 aliphatic carbocycles. The second-order valence-corrected chi connectivity index (χ2v) is 5.17. The molecule has 0 fully saturated rings. The molecule has 1 heterocycles. The second-order valence-electron chi connectivity index (χ2n) is 4.73. The first-order valence-corrected chi connectivity index (χ1v) is 6.64. The Kier molecular flexibility index (Phi) is 3.34. The normalized spacial score (nSPS) is 12.7. The predicted molar refractivity (Wildman–Crippen MR) is 79.0 cm³/mol. The maximum atomic E-state index is 11.2. The van der Waals surface area contributed by atoms with E-state index < -0.39 is 6.10 Å². The van der Waals surface area contributed by atoms with Crippen LogP contribution in [-0.2, 0) is 6.42 Å². The number of fused-ring (bicyclic) bond motifs is 1. The summed E-state index contributed by atoms with van der Waals surface area (Å²) in [6.07, 6.45) is -0.169. The number of aromatic nitrogens is 2. The van der Waals surface area contributed by atoms with Gasteiger partial charge in [-0.1, -0.05) is 29.8 Å². The molecular weight excluding hydrogens is 276 g/mol. The van der Waals surface area contributed by atoms with E-state index in [4.69, 9.17) is 11.6 Å². The van der Waals surface area contributed by atoms with Crippen LogP contribution in [0.4, 0.5) is 0 Å². The molecule has 1 atom stereocenters. The molecule has 3 aromatic rings. The number of aliphatic hydroxyl groups is 1. The maximum Gasteiger partial charge on any atom is 0.323 e. The first-order chi connectivity index (χ1) is 9.61. The van der Waals surface area contributed by atoms with Crippen LogP contribution in [0, 0.1) is 0 Å². The number of nitrogens with one attached hydrogen (secondary N) is 2. The third kappa shape index (κ3) is 2.61. The van der Waals surface area contributed by atoms with Gasteiger partial charge in [0, 0.05) is 11.4 Å². The Hall–Kier alpha value is -2.04. The van der Waals surface area contributed by atoms with Gasteiger partial charge in [0.05, 0.1) is 17.1 Å². The first kappa shape index (κ1) is 13.0. The lowest BCUT2D eigenvalue weighted by molar-refractivity contribution is 0.178. The standard InChI is InChI=1S/C15H13ClN2O2/c16-11-3-1-2-9(6-11)7-14(19)10-4-5-12-13(8-10)18-15(20)17-12/h1-6,8,14,19H,7H2,(H2,17,18,20). The SMILES string of the molecule is O=c1[nH]c2ccc(C(O)Cc3cccc(Cl)c3)cc2[nH]1. The van der Waals surface area contributed by atoms with Crippen molar-refractivity contribution >= 4 is 22.6 Å². The molecule has 20 heavy (non-hydrogen) atoms. The lowest BCUT2D eigenvalue weighted by atomic mass is 10.0. The van der Waals surface area contributed by atoms with Crippen molar-refractivity contribution in [3.8, 4) is 0 Å². The second kappa shape index (κ2) is 5.15. The van der Waals surface area contributed by atoms with Crippen LogP contribution in [0.1, 0.15) is 17.2 Å². The number of aromatic amines is 2. The summed E-state index contributed by atoms with van der Waals surface area (Å²) in [5, 5.41) is 10.9. The van der Waals surface area contributed by atoms with Crippen LogP contribution in [0.5, 0.6) is 0 Å². The van der Waals surface area contributed by atoms with Crippen molar-refractivity contribution in [1.29, 1.82) is 0 Å². The Morgan fingerprint density at radius 3 is 2.70 bits per heavy atom. The average Bonchev–Trinajstić information content (AvgIpc) is 2.77. The number of halogens is 1. The zero-order chi connectivity index (χ0) is 14.1. The van der Waals surface area contributed by atoms with Gasteiger partial charge >= 0.3 is 5.69 Å². The predicted octanol–water partition coefficient (Wildman–Crippen LogP) is 2.79.